The van der Waals surface area contributed by atoms with Gasteiger partial charge in [0.15, 0.2) is 0 Å². The van der Waals surface area contributed by atoms with E-state index >= 15 is 0 Å². The second-order valence-electron chi connectivity index (χ2n) is 8.80. The molecule has 0 aliphatic carbocycles. The van der Waals surface area contributed by atoms with Crippen LogP contribution in [0.5, 0.6) is 5.75 Å². The number of methoxy groups -OCH3 is 1. The molecule has 7 heteroatoms. The van der Waals surface area contributed by atoms with Crippen LogP contribution >= 0.6 is 0 Å². The molecule has 3 aromatic heterocycles. The third kappa shape index (κ3) is 3.36. The van der Waals surface area contributed by atoms with Gasteiger partial charge in [-0.1, -0.05) is 20.8 Å². The van der Waals surface area contributed by atoms with E-state index in [1.165, 1.54) is 12.1 Å². The molecule has 34 heavy (non-hydrogen) atoms. The van der Waals surface area contributed by atoms with Crippen LogP contribution in [0.15, 0.2) is 42.6 Å². The third-order valence-corrected chi connectivity index (χ3v) is 6.39. The molecular weight excluding hydrogens is 433 g/mol. The van der Waals surface area contributed by atoms with Crippen LogP contribution in [-0.2, 0) is 6.42 Å². The largest absolute Gasteiger partial charge is 0.497 e. The van der Waals surface area contributed by atoms with Gasteiger partial charge in [-0.15, -0.1) is 0 Å². The first-order valence-electron chi connectivity index (χ1n) is 11.3. The van der Waals surface area contributed by atoms with Gasteiger partial charge >= 0.3 is 5.97 Å². The average Bonchev–Trinajstić information content (AvgIpc) is 3.53. The predicted octanol–water partition coefficient (Wildman–Crippen LogP) is 6.84. The van der Waals surface area contributed by atoms with Crippen LogP contribution in [0, 0.1) is 5.82 Å². The molecule has 0 saturated carbocycles. The fraction of sp³-hybridized carbons (Fsp3) is 0.222. The molecule has 174 valence electrons. The summed E-state index contributed by atoms with van der Waals surface area (Å²) in [6.45, 7) is 6.09. The van der Waals surface area contributed by atoms with E-state index in [9.17, 15) is 14.3 Å². The quantitative estimate of drug-likeness (QED) is 0.224. The van der Waals surface area contributed by atoms with Crippen molar-refractivity contribution >= 4 is 27.8 Å². The Balaban J connectivity index is 1.91. The van der Waals surface area contributed by atoms with Gasteiger partial charge in [0.2, 0.25) is 0 Å². The zero-order valence-corrected chi connectivity index (χ0v) is 19.5. The summed E-state index contributed by atoms with van der Waals surface area (Å²) in [6.07, 6.45) is 2.56. The van der Waals surface area contributed by atoms with Gasteiger partial charge < -0.3 is 24.8 Å². The Kier molecular flexibility index (Phi) is 5.20. The Morgan fingerprint density at radius 2 is 1.85 bits per heavy atom. The minimum atomic E-state index is -1.08. The number of aromatic nitrogens is 3. The van der Waals surface area contributed by atoms with Gasteiger partial charge in [-0.25, -0.2) is 9.18 Å². The number of hydrogen-bond donors (Lipinski definition) is 4. The molecule has 0 radical (unpaired) electrons. The number of rotatable bonds is 6. The van der Waals surface area contributed by atoms with Crippen molar-refractivity contribution in [3.8, 4) is 28.1 Å². The highest BCUT2D eigenvalue weighted by Gasteiger charge is 2.28. The highest BCUT2D eigenvalue weighted by atomic mass is 19.1. The second kappa shape index (κ2) is 8.09. The smallest absolute Gasteiger partial charge is 0.352 e. The van der Waals surface area contributed by atoms with Crippen LogP contribution in [0.3, 0.4) is 0 Å². The Morgan fingerprint density at radius 3 is 2.53 bits per heavy atom. The molecule has 0 fully saturated rings. The molecule has 0 unspecified atom stereocenters. The molecular formula is C27H26FN3O3. The molecule has 0 aliphatic heterocycles. The lowest BCUT2D eigenvalue weighted by atomic mass is 9.89. The summed E-state index contributed by atoms with van der Waals surface area (Å²) in [5, 5.41) is 12.0. The summed E-state index contributed by atoms with van der Waals surface area (Å²) in [4.78, 5) is 22.1. The molecule has 0 spiro atoms. The number of carboxylic acids is 1. The fourth-order valence-electron chi connectivity index (χ4n) is 4.87. The van der Waals surface area contributed by atoms with Crippen LogP contribution in [0.25, 0.3) is 44.2 Å². The lowest BCUT2D eigenvalue weighted by Gasteiger charge is -2.14. The number of ether oxygens (including phenoxy) is 1. The van der Waals surface area contributed by atoms with Crippen molar-refractivity contribution in [2.75, 3.05) is 7.11 Å². The van der Waals surface area contributed by atoms with Crippen molar-refractivity contribution in [2.24, 2.45) is 0 Å². The highest BCUT2D eigenvalue weighted by molar-refractivity contribution is 6.07. The SMILES string of the molecule is CCc1cc2c(-c3c(C(=O)O)[nH]c(-c4cc(F)cc5[nH]ccc45)c3C(C)C)cc(OC)cc2[nH]1. The van der Waals surface area contributed by atoms with Gasteiger partial charge in [-0.2, -0.15) is 0 Å². The third-order valence-electron chi connectivity index (χ3n) is 6.39. The first kappa shape index (κ1) is 21.8. The normalized spacial score (nSPS) is 11.7. The summed E-state index contributed by atoms with van der Waals surface area (Å²) in [5.41, 5.74) is 6.04. The number of aryl methyl sites for hydroxylation is 1. The average molecular weight is 460 g/mol. The molecule has 0 amide bonds. The molecule has 5 rings (SSSR count). The minimum absolute atomic E-state index is 0.0440. The van der Waals surface area contributed by atoms with Gasteiger partial charge in [0, 0.05) is 50.9 Å². The molecule has 4 N–H and O–H groups in total. The molecule has 6 nitrogen and oxygen atoms in total. The van der Waals surface area contributed by atoms with Crippen LogP contribution in [0.1, 0.15) is 48.4 Å². The summed E-state index contributed by atoms with van der Waals surface area (Å²) in [6, 6.07) is 10.6. The van der Waals surface area contributed by atoms with Crippen molar-refractivity contribution in [1.29, 1.82) is 0 Å². The number of halogens is 1. The van der Waals surface area contributed by atoms with E-state index in [-0.39, 0.29) is 11.6 Å². The Labute approximate surface area is 195 Å². The van der Waals surface area contributed by atoms with Crippen molar-refractivity contribution in [2.45, 2.75) is 33.1 Å². The second-order valence-corrected chi connectivity index (χ2v) is 8.80. The van der Waals surface area contributed by atoms with Crippen molar-refractivity contribution in [3.63, 3.8) is 0 Å². The van der Waals surface area contributed by atoms with E-state index in [2.05, 4.69) is 27.9 Å². The lowest BCUT2D eigenvalue weighted by Crippen LogP contribution is -2.00. The van der Waals surface area contributed by atoms with Crippen LogP contribution in [0.2, 0.25) is 0 Å². The predicted molar refractivity (Wildman–Crippen MR) is 132 cm³/mol. The fourth-order valence-corrected chi connectivity index (χ4v) is 4.87. The van der Waals surface area contributed by atoms with Crippen molar-refractivity contribution in [1.82, 2.24) is 15.0 Å². The topological polar surface area (TPSA) is 93.9 Å². The molecule has 0 saturated heterocycles. The minimum Gasteiger partial charge on any atom is -0.497 e. The molecule has 3 heterocycles. The number of H-pyrrole nitrogens is 3. The van der Waals surface area contributed by atoms with E-state index in [1.807, 2.05) is 32.0 Å². The lowest BCUT2D eigenvalue weighted by molar-refractivity contribution is 0.0692. The van der Waals surface area contributed by atoms with Crippen molar-refractivity contribution < 1.29 is 19.0 Å². The zero-order valence-electron chi connectivity index (χ0n) is 19.5. The van der Waals surface area contributed by atoms with Gasteiger partial charge in [-0.3, -0.25) is 0 Å². The standard InChI is InChI=1S/C27H26FN3O3/c1-5-15-10-18-19(11-16(34-4)12-22(18)30-15)24-23(13(2)3)25(31-26(24)27(32)33)20-8-14(28)9-21-17(20)6-7-29-21/h6-13,29-31H,5H2,1-4H3,(H,32,33). The number of aromatic carboxylic acids is 1. The van der Waals surface area contributed by atoms with Crippen LogP contribution in [0.4, 0.5) is 4.39 Å². The zero-order chi connectivity index (χ0) is 24.1. The Morgan fingerprint density at radius 1 is 1.06 bits per heavy atom. The first-order valence-corrected chi connectivity index (χ1v) is 11.3. The maximum atomic E-state index is 14.6. The molecule has 0 bridgehead atoms. The summed E-state index contributed by atoms with van der Waals surface area (Å²) < 4.78 is 20.1. The monoisotopic (exact) mass is 459 g/mol. The molecule has 5 aromatic rings. The van der Waals surface area contributed by atoms with Gasteiger partial charge in [0.1, 0.15) is 17.3 Å². The molecule has 0 atom stereocenters. The van der Waals surface area contributed by atoms with Crippen LogP contribution in [-0.4, -0.2) is 33.1 Å². The number of carboxylic acid groups (broad SMARTS) is 1. The van der Waals surface area contributed by atoms with E-state index in [0.717, 1.165) is 39.5 Å². The summed E-state index contributed by atoms with van der Waals surface area (Å²) >= 11 is 0. The Hall–Kier alpha value is -4.00. The molecule has 2 aromatic carbocycles. The van der Waals surface area contributed by atoms with Gasteiger partial charge in [0.05, 0.1) is 12.8 Å². The van der Waals surface area contributed by atoms with Gasteiger partial charge in [-0.05, 0) is 53.8 Å². The number of benzene rings is 2. The maximum Gasteiger partial charge on any atom is 0.352 e. The van der Waals surface area contributed by atoms with E-state index in [1.54, 1.807) is 13.3 Å². The summed E-state index contributed by atoms with van der Waals surface area (Å²) in [5.74, 6) is -0.890. The van der Waals surface area contributed by atoms with Crippen molar-refractivity contribution in [3.05, 3.63) is 65.4 Å². The number of hydrogen-bond acceptors (Lipinski definition) is 2. The van der Waals surface area contributed by atoms with E-state index < -0.39 is 11.8 Å². The first-order chi connectivity index (χ1) is 16.3. The summed E-state index contributed by atoms with van der Waals surface area (Å²) in [7, 11) is 1.59. The van der Waals surface area contributed by atoms with Crippen LogP contribution < -0.4 is 4.74 Å². The Bertz CT molecular complexity index is 1550. The number of aromatic amines is 3. The van der Waals surface area contributed by atoms with E-state index in [4.69, 9.17) is 4.74 Å². The number of fused-ring (bicyclic) bond motifs is 2. The maximum absolute atomic E-state index is 14.6. The number of nitrogens with one attached hydrogen (secondary N) is 3. The highest BCUT2D eigenvalue weighted by Crippen LogP contribution is 2.45. The molecule has 0 aliphatic rings. The van der Waals surface area contributed by atoms with E-state index in [0.29, 0.717) is 28.1 Å². The van der Waals surface area contributed by atoms with Gasteiger partial charge in [0.25, 0.3) is 0 Å². The number of carbonyl (C=O) groups is 1.